The van der Waals surface area contributed by atoms with Crippen molar-refractivity contribution in [3.05, 3.63) is 112 Å². The Balaban J connectivity index is 0.786. The molecule has 65 heavy (non-hydrogen) atoms. The molecule has 5 heterocycles. The Labute approximate surface area is 381 Å². The molecule has 2 fully saturated rings. The summed E-state index contributed by atoms with van der Waals surface area (Å²) in [4.78, 5) is 57.3. The zero-order valence-electron chi connectivity index (χ0n) is 36.4. The number of phenols is 2. The van der Waals surface area contributed by atoms with Crippen LogP contribution in [0.25, 0.3) is 17.1 Å². The van der Waals surface area contributed by atoms with Crippen LogP contribution in [0, 0.1) is 5.92 Å². The number of piperazine rings is 1. The number of hydrogen-bond acceptors (Lipinski definition) is 14. The first-order valence-corrected chi connectivity index (χ1v) is 22.3. The van der Waals surface area contributed by atoms with Gasteiger partial charge in [-0.05, 0) is 79.8 Å². The molecular formula is C47H51N11O6S. The number of aromatic amines is 1. The van der Waals surface area contributed by atoms with Crippen molar-refractivity contribution in [2.24, 2.45) is 5.92 Å². The lowest BCUT2D eigenvalue weighted by atomic mass is 9.94. The third kappa shape index (κ3) is 8.53. The quantitative estimate of drug-likeness (QED) is 0.0918. The number of nitrogens with one attached hydrogen (secondary N) is 2. The first-order chi connectivity index (χ1) is 31.5. The normalized spacial score (nSPS) is 15.7. The van der Waals surface area contributed by atoms with Crippen molar-refractivity contribution in [1.82, 2.24) is 34.5 Å². The molecule has 4 aromatic carbocycles. The first-order valence-electron chi connectivity index (χ1n) is 21.9. The van der Waals surface area contributed by atoms with Gasteiger partial charge in [0.2, 0.25) is 11.9 Å². The van der Waals surface area contributed by atoms with E-state index >= 15 is 0 Å². The number of nitrogens with zero attached hydrogens (tertiary/aromatic N) is 9. The molecule has 3 aliphatic heterocycles. The summed E-state index contributed by atoms with van der Waals surface area (Å²) in [6.45, 7) is 9.31. The summed E-state index contributed by atoms with van der Waals surface area (Å²) < 4.78 is 9.11. The lowest BCUT2D eigenvalue weighted by Crippen LogP contribution is -2.51. The van der Waals surface area contributed by atoms with E-state index in [-0.39, 0.29) is 35.1 Å². The number of carbonyl (C=O) groups excluding carboxylic acids is 2. The second kappa shape index (κ2) is 18.2. The van der Waals surface area contributed by atoms with Crippen molar-refractivity contribution in [2.45, 2.75) is 39.7 Å². The second-order valence-electron chi connectivity index (χ2n) is 16.4. The number of benzene rings is 4. The lowest BCUT2D eigenvalue weighted by Gasteiger charge is -2.39. The van der Waals surface area contributed by atoms with Crippen molar-refractivity contribution in [1.29, 1.82) is 0 Å². The molecule has 0 saturated carbocycles. The summed E-state index contributed by atoms with van der Waals surface area (Å²) in [5.41, 5.74) is 5.58. The van der Waals surface area contributed by atoms with Crippen LogP contribution in [0.15, 0.2) is 89.9 Å². The van der Waals surface area contributed by atoms with Crippen molar-refractivity contribution in [3.63, 3.8) is 0 Å². The monoisotopic (exact) mass is 897 g/mol. The Morgan fingerprint density at radius 3 is 2.35 bits per heavy atom. The summed E-state index contributed by atoms with van der Waals surface area (Å²) in [5.74, 6) is 1.51. The van der Waals surface area contributed by atoms with E-state index in [2.05, 4.69) is 30.3 Å². The van der Waals surface area contributed by atoms with E-state index < -0.39 is 5.69 Å². The number of amides is 2. The maximum Gasteiger partial charge on any atom is 0.348 e. The molecule has 3 aliphatic rings. The molecule has 2 amide bonds. The van der Waals surface area contributed by atoms with Crippen LogP contribution in [0.5, 0.6) is 17.2 Å². The van der Waals surface area contributed by atoms with Gasteiger partial charge in [0.05, 0.1) is 41.0 Å². The molecule has 4 N–H and O–H groups in total. The van der Waals surface area contributed by atoms with Crippen molar-refractivity contribution in [2.75, 3.05) is 72.3 Å². The number of ether oxygens (including phenoxy) is 1. The maximum atomic E-state index is 13.8. The summed E-state index contributed by atoms with van der Waals surface area (Å²) in [6.07, 6.45) is 3.67. The van der Waals surface area contributed by atoms with Gasteiger partial charge in [-0.25, -0.2) is 19.4 Å². The van der Waals surface area contributed by atoms with Gasteiger partial charge in [0.1, 0.15) is 22.9 Å². The largest absolute Gasteiger partial charge is 0.508 e. The molecule has 6 aromatic rings. The highest BCUT2D eigenvalue weighted by Crippen LogP contribution is 2.41. The fourth-order valence-corrected chi connectivity index (χ4v) is 9.17. The summed E-state index contributed by atoms with van der Waals surface area (Å²) in [5, 5.41) is 30.8. The van der Waals surface area contributed by atoms with Crippen LogP contribution in [-0.2, 0) is 17.8 Å². The number of phenolic OH excluding ortho intramolecular Hbond substituents is 2. The molecular weight excluding hydrogens is 847 g/mol. The minimum atomic E-state index is -0.440. The van der Waals surface area contributed by atoms with Crippen molar-refractivity contribution >= 4 is 59.1 Å². The Hall–Kier alpha value is -7.05. The number of carbonyl (C=O) groups is 2. The van der Waals surface area contributed by atoms with E-state index in [4.69, 9.17) is 22.5 Å². The van der Waals surface area contributed by atoms with E-state index in [0.717, 1.165) is 50.3 Å². The van der Waals surface area contributed by atoms with Crippen LogP contribution in [0.1, 0.15) is 48.2 Å². The van der Waals surface area contributed by atoms with Crippen molar-refractivity contribution < 1.29 is 24.5 Å². The van der Waals surface area contributed by atoms with Crippen LogP contribution >= 0.6 is 12.8 Å². The molecule has 0 aliphatic carbocycles. The Morgan fingerprint density at radius 2 is 1.62 bits per heavy atom. The summed E-state index contributed by atoms with van der Waals surface area (Å²) >= 11 is 4.73. The molecule has 0 radical (unpaired) electrons. The van der Waals surface area contributed by atoms with Crippen LogP contribution < -0.4 is 29.8 Å². The van der Waals surface area contributed by atoms with E-state index in [1.54, 1.807) is 29.7 Å². The molecule has 2 aromatic heterocycles. The Kier molecular flexibility index (Phi) is 12.1. The molecule has 17 nitrogen and oxygen atoms in total. The van der Waals surface area contributed by atoms with E-state index in [1.165, 1.54) is 15.5 Å². The predicted molar refractivity (Wildman–Crippen MR) is 252 cm³/mol. The first kappa shape index (κ1) is 43.2. The van der Waals surface area contributed by atoms with E-state index in [9.17, 15) is 24.6 Å². The van der Waals surface area contributed by atoms with Gasteiger partial charge in [0.25, 0.3) is 5.91 Å². The molecule has 0 bridgehead atoms. The number of piperidine rings is 1. The van der Waals surface area contributed by atoms with Gasteiger partial charge in [0.15, 0.2) is 11.6 Å². The fraction of sp³-hybridized carbons (Fsp3) is 0.319. The zero-order valence-corrected chi connectivity index (χ0v) is 37.3. The van der Waals surface area contributed by atoms with E-state index in [1.807, 2.05) is 79.4 Å². The number of anilines is 6. The van der Waals surface area contributed by atoms with Crippen LogP contribution in [0.2, 0.25) is 0 Å². The molecule has 0 unspecified atom stereocenters. The number of para-hydroxylation sites is 1. The third-order valence-electron chi connectivity index (χ3n) is 12.5. The zero-order chi connectivity index (χ0) is 45.4. The smallest absolute Gasteiger partial charge is 0.348 e. The molecule has 2 saturated heterocycles. The highest BCUT2D eigenvalue weighted by Gasteiger charge is 2.32. The standard InChI is InChI=1S/C47H51N11O6S/c1-4-30-24-35(40(60)26-39(30)59)42-51-52-47(63)57(42)32-12-10-29(11-13-32)28-54-20-22-56(23-21-54)44(61)31-16-18-55(19-17-31)33-14-15-36(41(25-33)64-5-2)49-46-48-27-38-43(50-46)58(65)37-9-7-6-8-34(37)45(62)53(38)3/h6-15,24-27,31,59-60,65H,4-5,16-23,28H2,1-3H3,(H,52,63)(H,48,49,50). The molecule has 9 rings (SSSR count). The Morgan fingerprint density at radius 1 is 0.877 bits per heavy atom. The van der Waals surface area contributed by atoms with Gasteiger partial charge in [-0.2, -0.15) is 10.1 Å². The number of hydrogen-bond donors (Lipinski definition) is 5. The van der Waals surface area contributed by atoms with Gasteiger partial charge in [0, 0.05) is 76.6 Å². The average molecular weight is 898 g/mol. The minimum Gasteiger partial charge on any atom is -0.508 e. The SMILES string of the molecule is CCOc1cc(N2CCC(C(=O)N3CCN(Cc4ccc(-n5c(-c6cc(CC)c(O)cc6O)n[nH]c5=O)cc4)CC3)CC2)ccc1Nc1ncc2c(n1)N(S)c1ccccc1C(=O)N2C. The van der Waals surface area contributed by atoms with Crippen LogP contribution in [0.3, 0.4) is 0 Å². The number of thiol groups is 1. The summed E-state index contributed by atoms with van der Waals surface area (Å²) in [6, 6.07) is 23.9. The van der Waals surface area contributed by atoms with Crippen molar-refractivity contribution in [3.8, 4) is 34.3 Å². The number of fused-ring (bicyclic) bond motifs is 2. The van der Waals surface area contributed by atoms with E-state index in [0.29, 0.717) is 89.6 Å². The summed E-state index contributed by atoms with van der Waals surface area (Å²) in [7, 11) is 1.70. The van der Waals surface area contributed by atoms with Gasteiger partial charge in [-0.1, -0.05) is 44.0 Å². The Bertz CT molecular complexity index is 2800. The number of aryl methyl sites for hydroxylation is 1. The number of rotatable bonds is 11. The van der Waals surface area contributed by atoms with Gasteiger partial charge in [-0.15, -0.1) is 0 Å². The second-order valence-corrected chi connectivity index (χ2v) is 16.8. The minimum absolute atomic E-state index is 0.0106. The van der Waals surface area contributed by atoms with Crippen LogP contribution in [0.4, 0.5) is 34.5 Å². The molecule has 0 atom stereocenters. The van der Waals surface area contributed by atoms with Gasteiger partial charge >= 0.3 is 5.69 Å². The molecule has 0 spiro atoms. The highest BCUT2D eigenvalue weighted by molar-refractivity contribution is 7.82. The van der Waals surface area contributed by atoms with Gasteiger partial charge in [-0.3, -0.25) is 18.8 Å². The fourth-order valence-electron chi connectivity index (χ4n) is 8.85. The van der Waals surface area contributed by atoms with Crippen LogP contribution in [-0.4, -0.2) is 109 Å². The molecule has 18 heteroatoms. The third-order valence-corrected chi connectivity index (χ3v) is 12.9. The number of H-pyrrole nitrogens is 1. The predicted octanol–water partition coefficient (Wildman–Crippen LogP) is 6.27. The number of aromatic nitrogens is 5. The van der Waals surface area contributed by atoms with Gasteiger partial charge < -0.3 is 35.0 Å². The topological polar surface area (TPSA) is 189 Å². The maximum absolute atomic E-state index is 13.8. The lowest BCUT2D eigenvalue weighted by molar-refractivity contribution is -0.138. The number of aromatic hydroxyl groups is 2. The molecule has 336 valence electrons. The highest BCUT2D eigenvalue weighted by atomic mass is 32.1. The average Bonchev–Trinajstić information content (AvgIpc) is 3.69.